The maximum atomic E-state index is 13.0. The molecular weight excluding hydrogens is 448 g/mol. The van der Waals surface area contributed by atoms with E-state index in [1.54, 1.807) is 31.0 Å². The number of ether oxygens (including phenoxy) is 2. The third kappa shape index (κ3) is 6.40. The van der Waals surface area contributed by atoms with Crippen molar-refractivity contribution < 1.29 is 22.7 Å². The summed E-state index contributed by atoms with van der Waals surface area (Å²) in [7, 11) is -1.98. The van der Waals surface area contributed by atoms with Crippen molar-refractivity contribution in [1.29, 1.82) is 0 Å². The maximum absolute atomic E-state index is 13.0. The molecular formula is C23H30N2O5S2. The average Bonchev–Trinajstić information content (AvgIpc) is 2.81. The number of carbonyl (C=O) groups is 1. The van der Waals surface area contributed by atoms with Crippen LogP contribution < -0.4 is 14.8 Å². The summed E-state index contributed by atoms with van der Waals surface area (Å²) < 4.78 is 38.3. The molecule has 1 heterocycles. The Kier molecular flexibility index (Phi) is 8.84. The molecule has 0 spiro atoms. The van der Waals surface area contributed by atoms with E-state index in [4.69, 9.17) is 9.47 Å². The van der Waals surface area contributed by atoms with E-state index in [2.05, 4.69) is 5.32 Å². The smallest absolute Gasteiger partial charge is 0.243 e. The Morgan fingerprint density at radius 2 is 1.81 bits per heavy atom. The number of hydrogen-bond acceptors (Lipinski definition) is 6. The molecule has 1 N–H and O–H groups in total. The summed E-state index contributed by atoms with van der Waals surface area (Å²) in [4.78, 5) is 13.8. The molecule has 1 saturated heterocycles. The van der Waals surface area contributed by atoms with Crippen LogP contribution in [0.1, 0.15) is 32.6 Å². The number of rotatable bonds is 10. The third-order valence-electron chi connectivity index (χ3n) is 5.14. The van der Waals surface area contributed by atoms with Crippen LogP contribution >= 0.6 is 11.8 Å². The molecule has 0 radical (unpaired) electrons. The molecule has 0 atom stereocenters. The van der Waals surface area contributed by atoms with Gasteiger partial charge in [0.15, 0.2) is 0 Å². The van der Waals surface area contributed by atoms with Crippen molar-refractivity contribution in [2.75, 3.05) is 37.9 Å². The van der Waals surface area contributed by atoms with Gasteiger partial charge in [-0.15, -0.1) is 11.8 Å². The standard InChI is InChI=1S/C23H30N2O5S2/c1-3-30-22-12-11-20(32(27,28)25-14-5-4-6-15-25)17-21(22)24-23(26)13-16-31-19-9-7-18(29-2)8-10-19/h7-12,17H,3-6,13-16H2,1-2H3,(H,24,26). The van der Waals surface area contributed by atoms with Crippen molar-refractivity contribution in [3.8, 4) is 11.5 Å². The number of sulfonamides is 1. The largest absolute Gasteiger partial charge is 0.497 e. The van der Waals surface area contributed by atoms with Gasteiger partial charge in [0.1, 0.15) is 11.5 Å². The van der Waals surface area contributed by atoms with Crippen LogP contribution in [0.5, 0.6) is 11.5 Å². The number of anilines is 1. The van der Waals surface area contributed by atoms with E-state index < -0.39 is 10.0 Å². The van der Waals surface area contributed by atoms with E-state index in [-0.39, 0.29) is 17.2 Å². The minimum Gasteiger partial charge on any atom is -0.497 e. The summed E-state index contributed by atoms with van der Waals surface area (Å²) in [5, 5.41) is 2.84. The normalized spacial score (nSPS) is 14.7. The van der Waals surface area contributed by atoms with E-state index in [0.717, 1.165) is 29.9 Å². The van der Waals surface area contributed by atoms with Gasteiger partial charge in [-0.1, -0.05) is 6.42 Å². The molecule has 2 aromatic rings. The van der Waals surface area contributed by atoms with Gasteiger partial charge in [-0.3, -0.25) is 4.79 Å². The van der Waals surface area contributed by atoms with E-state index in [1.807, 2.05) is 31.2 Å². The molecule has 32 heavy (non-hydrogen) atoms. The van der Waals surface area contributed by atoms with Crippen molar-refractivity contribution in [2.45, 2.75) is 42.4 Å². The zero-order valence-electron chi connectivity index (χ0n) is 18.5. The zero-order valence-corrected chi connectivity index (χ0v) is 20.1. The second kappa shape index (κ2) is 11.6. The first kappa shape index (κ1) is 24.4. The van der Waals surface area contributed by atoms with Crippen LogP contribution in [0.2, 0.25) is 0 Å². The van der Waals surface area contributed by atoms with E-state index in [9.17, 15) is 13.2 Å². The van der Waals surface area contributed by atoms with E-state index >= 15 is 0 Å². The Labute approximate surface area is 194 Å². The fourth-order valence-corrected chi connectivity index (χ4v) is 5.84. The topological polar surface area (TPSA) is 84.9 Å². The molecule has 1 aliphatic rings. The Morgan fingerprint density at radius 1 is 1.09 bits per heavy atom. The zero-order chi connectivity index (χ0) is 23.0. The van der Waals surface area contributed by atoms with E-state index in [0.29, 0.717) is 36.9 Å². The highest BCUT2D eigenvalue weighted by atomic mass is 32.2. The van der Waals surface area contributed by atoms with Crippen molar-refractivity contribution in [1.82, 2.24) is 4.31 Å². The lowest BCUT2D eigenvalue weighted by atomic mass is 10.2. The summed E-state index contributed by atoms with van der Waals surface area (Å²) >= 11 is 1.57. The molecule has 0 saturated carbocycles. The molecule has 174 valence electrons. The molecule has 1 aliphatic heterocycles. The van der Waals surface area contributed by atoms with E-state index in [1.165, 1.54) is 10.4 Å². The summed E-state index contributed by atoms with van der Waals surface area (Å²) in [5.74, 6) is 1.64. The first-order chi connectivity index (χ1) is 15.4. The minimum absolute atomic E-state index is 0.172. The molecule has 7 nitrogen and oxygen atoms in total. The monoisotopic (exact) mass is 478 g/mol. The predicted molar refractivity (Wildman–Crippen MR) is 127 cm³/mol. The fraction of sp³-hybridized carbons (Fsp3) is 0.435. The van der Waals surface area contributed by atoms with Crippen LogP contribution in [-0.4, -0.2) is 51.2 Å². The first-order valence-corrected chi connectivity index (χ1v) is 13.2. The Balaban J connectivity index is 1.66. The number of nitrogens with one attached hydrogen (secondary N) is 1. The van der Waals surface area contributed by atoms with Crippen molar-refractivity contribution in [3.63, 3.8) is 0 Å². The minimum atomic E-state index is -3.60. The summed E-state index contributed by atoms with van der Waals surface area (Å²) in [6.07, 6.45) is 3.06. The molecule has 9 heteroatoms. The Hall–Kier alpha value is -2.23. The highest BCUT2D eigenvalue weighted by Gasteiger charge is 2.27. The van der Waals surface area contributed by atoms with Crippen molar-refractivity contribution in [2.24, 2.45) is 0 Å². The first-order valence-electron chi connectivity index (χ1n) is 10.8. The third-order valence-corrected chi connectivity index (χ3v) is 8.04. The number of amides is 1. The quantitative estimate of drug-likeness (QED) is 0.510. The van der Waals surface area contributed by atoms with Crippen LogP contribution in [0.25, 0.3) is 0 Å². The van der Waals surface area contributed by atoms with Gasteiger partial charge in [-0.05, 0) is 62.2 Å². The van der Waals surface area contributed by atoms with Gasteiger partial charge in [0.2, 0.25) is 15.9 Å². The molecule has 0 aromatic heterocycles. The molecule has 0 aliphatic carbocycles. The van der Waals surface area contributed by atoms with Crippen LogP contribution in [0.3, 0.4) is 0 Å². The van der Waals surface area contributed by atoms with Gasteiger partial charge in [-0.25, -0.2) is 8.42 Å². The molecule has 0 bridgehead atoms. The lowest BCUT2D eigenvalue weighted by Crippen LogP contribution is -2.35. The number of carbonyl (C=O) groups excluding carboxylic acids is 1. The molecule has 3 rings (SSSR count). The van der Waals surface area contributed by atoms with Gasteiger partial charge in [0.05, 0.1) is 24.3 Å². The number of methoxy groups -OCH3 is 1. The summed E-state index contributed by atoms with van der Waals surface area (Å²) in [6, 6.07) is 12.3. The fourth-order valence-electron chi connectivity index (χ4n) is 3.45. The molecule has 1 amide bonds. The van der Waals surface area contributed by atoms with Crippen LogP contribution in [-0.2, 0) is 14.8 Å². The maximum Gasteiger partial charge on any atom is 0.243 e. The summed E-state index contributed by atoms with van der Waals surface area (Å²) in [5.41, 5.74) is 0.379. The van der Waals surface area contributed by atoms with Gasteiger partial charge >= 0.3 is 0 Å². The lowest BCUT2D eigenvalue weighted by Gasteiger charge is -2.26. The molecule has 1 fully saturated rings. The lowest BCUT2D eigenvalue weighted by molar-refractivity contribution is -0.115. The molecule has 0 unspecified atom stereocenters. The number of piperidine rings is 1. The van der Waals surface area contributed by atoms with Crippen molar-refractivity contribution in [3.05, 3.63) is 42.5 Å². The van der Waals surface area contributed by atoms with Gasteiger partial charge < -0.3 is 14.8 Å². The van der Waals surface area contributed by atoms with Gasteiger partial charge in [0.25, 0.3) is 0 Å². The number of thioether (sulfide) groups is 1. The second-order valence-corrected chi connectivity index (χ2v) is 10.5. The second-order valence-electron chi connectivity index (χ2n) is 7.38. The van der Waals surface area contributed by atoms with Crippen LogP contribution in [0.15, 0.2) is 52.3 Å². The van der Waals surface area contributed by atoms with Crippen LogP contribution in [0, 0.1) is 0 Å². The van der Waals surface area contributed by atoms with Gasteiger partial charge in [0, 0.05) is 30.2 Å². The van der Waals surface area contributed by atoms with Crippen LogP contribution in [0.4, 0.5) is 5.69 Å². The average molecular weight is 479 g/mol. The number of nitrogens with zero attached hydrogens (tertiary/aromatic N) is 1. The number of benzene rings is 2. The summed E-state index contributed by atoms with van der Waals surface area (Å²) in [6.45, 7) is 3.31. The Morgan fingerprint density at radius 3 is 2.47 bits per heavy atom. The SMILES string of the molecule is CCOc1ccc(S(=O)(=O)N2CCCCC2)cc1NC(=O)CCSc1ccc(OC)cc1. The predicted octanol–water partition coefficient (Wildman–Crippen LogP) is 4.39. The number of hydrogen-bond donors (Lipinski definition) is 1. The van der Waals surface area contributed by atoms with Crippen molar-refractivity contribution >= 4 is 33.4 Å². The Bertz CT molecular complexity index is 1000. The highest BCUT2D eigenvalue weighted by Crippen LogP contribution is 2.30. The molecule has 2 aromatic carbocycles. The highest BCUT2D eigenvalue weighted by molar-refractivity contribution is 7.99. The van der Waals surface area contributed by atoms with Gasteiger partial charge in [-0.2, -0.15) is 4.31 Å².